The van der Waals surface area contributed by atoms with Gasteiger partial charge in [0, 0.05) is 11.3 Å². The van der Waals surface area contributed by atoms with Crippen molar-refractivity contribution in [3.05, 3.63) is 53.1 Å². The molecular weight excluding hydrogens is 250 g/mol. The molecule has 0 aliphatic carbocycles. The molecule has 20 heavy (non-hydrogen) atoms. The van der Waals surface area contributed by atoms with Crippen LogP contribution in [-0.2, 0) is 0 Å². The van der Waals surface area contributed by atoms with E-state index in [1.54, 1.807) is 12.1 Å². The number of nitrogens with one attached hydrogen (secondary N) is 1. The van der Waals surface area contributed by atoms with Crippen molar-refractivity contribution in [1.29, 1.82) is 0 Å². The van der Waals surface area contributed by atoms with E-state index in [-0.39, 0.29) is 11.8 Å². The van der Waals surface area contributed by atoms with Crippen LogP contribution < -0.4 is 5.32 Å². The predicted octanol–water partition coefficient (Wildman–Crippen LogP) is 4.28. The Hall–Kier alpha value is -2.16. The molecule has 0 saturated carbocycles. The highest BCUT2D eigenvalue weighted by molar-refractivity contribution is 5.60. The Kier molecular flexibility index (Phi) is 4.18. The number of phenols is 2. The van der Waals surface area contributed by atoms with Crippen LogP contribution in [0.15, 0.2) is 36.4 Å². The summed E-state index contributed by atoms with van der Waals surface area (Å²) >= 11 is 0. The fraction of sp³-hybridized carbons (Fsp3) is 0.294. The standard InChI is InChI=1S/C17H21NO2/c1-4-15(13-6-8-14(19)9-7-13)18-16-10-5-11(2)17(20)12(16)3/h5-10,15,18-20H,4H2,1-3H3. The van der Waals surface area contributed by atoms with Crippen molar-refractivity contribution in [2.75, 3.05) is 5.32 Å². The lowest BCUT2D eigenvalue weighted by atomic mass is 10.0. The maximum absolute atomic E-state index is 10.0. The zero-order valence-electron chi connectivity index (χ0n) is 12.1. The summed E-state index contributed by atoms with van der Waals surface area (Å²) in [7, 11) is 0. The minimum absolute atomic E-state index is 0.149. The molecule has 3 heteroatoms. The minimum atomic E-state index is 0.149. The highest BCUT2D eigenvalue weighted by Gasteiger charge is 2.12. The lowest BCUT2D eigenvalue weighted by molar-refractivity contribution is 0.467. The molecule has 2 rings (SSSR count). The van der Waals surface area contributed by atoms with Gasteiger partial charge < -0.3 is 15.5 Å². The molecular formula is C17H21NO2. The fourth-order valence-electron chi connectivity index (χ4n) is 2.31. The maximum atomic E-state index is 10.0. The summed E-state index contributed by atoms with van der Waals surface area (Å²) in [4.78, 5) is 0. The first-order valence-corrected chi connectivity index (χ1v) is 6.87. The van der Waals surface area contributed by atoms with E-state index < -0.39 is 0 Å². The van der Waals surface area contributed by atoms with Crippen molar-refractivity contribution in [3.63, 3.8) is 0 Å². The van der Waals surface area contributed by atoms with Crippen molar-refractivity contribution in [2.24, 2.45) is 0 Å². The van der Waals surface area contributed by atoms with Crippen LogP contribution in [0.5, 0.6) is 11.5 Å². The Morgan fingerprint density at radius 3 is 2.25 bits per heavy atom. The molecule has 0 aliphatic heterocycles. The Balaban J connectivity index is 2.27. The van der Waals surface area contributed by atoms with Gasteiger partial charge in [0.05, 0.1) is 6.04 Å². The summed E-state index contributed by atoms with van der Waals surface area (Å²) < 4.78 is 0. The monoisotopic (exact) mass is 271 g/mol. The van der Waals surface area contributed by atoms with E-state index in [0.717, 1.165) is 28.8 Å². The molecule has 0 amide bonds. The van der Waals surface area contributed by atoms with E-state index in [4.69, 9.17) is 0 Å². The van der Waals surface area contributed by atoms with Crippen LogP contribution >= 0.6 is 0 Å². The van der Waals surface area contributed by atoms with Gasteiger partial charge in [-0.3, -0.25) is 0 Å². The molecule has 1 unspecified atom stereocenters. The zero-order valence-corrected chi connectivity index (χ0v) is 12.1. The van der Waals surface area contributed by atoms with E-state index in [9.17, 15) is 10.2 Å². The third-order valence-electron chi connectivity index (χ3n) is 3.67. The molecule has 0 saturated heterocycles. The van der Waals surface area contributed by atoms with Gasteiger partial charge in [0.25, 0.3) is 0 Å². The lowest BCUT2D eigenvalue weighted by Gasteiger charge is -2.21. The summed E-state index contributed by atoms with van der Waals surface area (Å²) in [5.74, 6) is 0.614. The van der Waals surface area contributed by atoms with E-state index in [2.05, 4.69) is 12.2 Å². The minimum Gasteiger partial charge on any atom is -0.508 e. The van der Waals surface area contributed by atoms with Crippen LogP contribution in [0, 0.1) is 13.8 Å². The van der Waals surface area contributed by atoms with E-state index >= 15 is 0 Å². The fourth-order valence-corrected chi connectivity index (χ4v) is 2.31. The van der Waals surface area contributed by atoms with Crippen LogP contribution in [0.1, 0.15) is 36.1 Å². The number of anilines is 1. The third kappa shape index (κ3) is 2.87. The second-order valence-electron chi connectivity index (χ2n) is 5.10. The molecule has 106 valence electrons. The molecule has 1 atom stereocenters. The molecule has 0 fully saturated rings. The summed E-state index contributed by atoms with van der Waals surface area (Å²) in [6, 6.07) is 11.3. The topological polar surface area (TPSA) is 52.5 Å². The number of benzene rings is 2. The number of hydrogen-bond donors (Lipinski definition) is 3. The molecule has 3 N–H and O–H groups in total. The molecule has 0 heterocycles. The first kappa shape index (κ1) is 14.3. The van der Waals surface area contributed by atoms with Crippen LogP contribution in [0.4, 0.5) is 5.69 Å². The van der Waals surface area contributed by atoms with Crippen molar-refractivity contribution < 1.29 is 10.2 Å². The van der Waals surface area contributed by atoms with Crippen molar-refractivity contribution in [1.82, 2.24) is 0 Å². The number of aromatic hydroxyl groups is 2. The molecule has 3 nitrogen and oxygen atoms in total. The Labute approximate surface area is 119 Å². The number of phenolic OH excluding ortho intramolecular Hbond substituents is 2. The van der Waals surface area contributed by atoms with Crippen molar-refractivity contribution in [3.8, 4) is 11.5 Å². The van der Waals surface area contributed by atoms with Gasteiger partial charge in [-0.2, -0.15) is 0 Å². The highest BCUT2D eigenvalue weighted by atomic mass is 16.3. The first-order valence-electron chi connectivity index (χ1n) is 6.87. The largest absolute Gasteiger partial charge is 0.508 e. The van der Waals surface area contributed by atoms with Crippen molar-refractivity contribution >= 4 is 5.69 Å². The average Bonchev–Trinajstić information content (AvgIpc) is 2.45. The predicted molar refractivity (Wildman–Crippen MR) is 82.3 cm³/mol. The molecule has 2 aromatic rings. The molecule has 0 spiro atoms. The van der Waals surface area contributed by atoms with Gasteiger partial charge in [-0.25, -0.2) is 0 Å². The normalized spacial score (nSPS) is 12.2. The van der Waals surface area contributed by atoms with Gasteiger partial charge >= 0.3 is 0 Å². The summed E-state index contributed by atoms with van der Waals surface area (Å²) in [5, 5.41) is 22.8. The van der Waals surface area contributed by atoms with Gasteiger partial charge in [0.1, 0.15) is 11.5 Å². The lowest BCUT2D eigenvalue weighted by Crippen LogP contribution is -2.10. The Morgan fingerprint density at radius 2 is 1.65 bits per heavy atom. The van der Waals surface area contributed by atoms with E-state index in [1.165, 1.54) is 0 Å². The molecule has 0 bridgehead atoms. The summed E-state index contributed by atoms with van der Waals surface area (Å²) in [6.07, 6.45) is 0.916. The van der Waals surface area contributed by atoms with Crippen LogP contribution in [0.3, 0.4) is 0 Å². The third-order valence-corrected chi connectivity index (χ3v) is 3.67. The molecule has 0 aliphatic rings. The quantitative estimate of drug-likeness (QED) is 0.778. The van der Waals surface area contributed by atoms with Crippen LogP contribution in [0.25, 0.3) is 0 Å². The number of hydrogen-bond acceptors (Lipinski definition) is 3. The summed E-state index contributed by atoms with van der Waals surface area (Å²) in [6.45, 7) is 5.91. The van der Waals surface area contributed by atoms with Gasteiger partial charge in [0.2, 0.25) is 0 Å². The Morgan fingerprint density at radius 1 is 1.00 bits per heavy atom. The SMILES string of the molecule is CCC(Nc1ccc(C)c(O)c1C)c1ccc(O)cc1. The molecule has 0 aromatic heterocycles. The van der Waals surface area contributed by atoms with Gasteiger partial charge in [-0.1, -0.05) is 25.1 Å². The smallest absolute Gasteiger partial charge is 0.123 e. The van der Waals surface area contributed by atoms with Crippen LogP contribution in [-0.4, -0.2) is 10.2 Å². The average molecular weight is 271 g/mol. The maximum Gasteiger partial charge on any atom is 0.123 e. The molecule has 0 radical (unpaired) electrons. The zero-order chi connectivity index (χ0) is 14.7. The van der Waals surface area contributed by atoms with E-state index in [1.807, 2.05) is 38.1 Å². The number of aryl methyl sites for hydroxylation is 1. The molecule has 2 aromatic carbocycles. The summed E-state index contributed by atoms with van der Waals surface area (Å²) in [5.41, 5.74) is 3.80. The highest BCUT2D eigenvalue weighted by Crippen LogP contribution is 2.31. The van der Waals surface area contributed by atoms with Gasteiger partial charge in [-0.05, 0) is 49.6 Å². The van der Waals surface area contributed by atoms with E-state index in [0.29, 0.717) is 5.75 Å². The second kappa shape index (κ2) is 5.87. The van der Waals surface area contributed by atoms with Crippen LogP contribution in [0.2, 0.25) is 0 Å². The van der Waals surface area contributed by atoms with Crippen molar-refractivity contribution in [2.45, 2.75) is 33.2 Å². The second-order valence-corrected chi connectivity index (χ2v) is 5.10. The van der Waals surface area contributed by atoms with Gasteiger partial charge in [-0.15, -0.1) is 0 Å². The Bertz CT molecular complexity index is 591. The number of rotatable bonds is 4. The van der Waals surface area contributed by atoms with Gasteiger partial charge in [0.15, 0.2) is 0 Å². The first-order chi connectivity index (χ1) is 9.52.